The number of primary amides is 1. The van der Waals surface area contributed by atoms with Crippen LogP contribution in [0.3, 0.4) is 0 Å². The first kappa shape index (κ1) is 23.4. The molecular weight excluding hydrogens is 439 g/mol. The number of carbonyl (C=O) groups is 1. The van der Waals surface area contributed by atoms with E-state index in [-0.39, 0.29) is 18.3 Å². The SMILES string of the molecule is CCCP(=O)(O)OOc1cccc2c1c(CC(N)=O)c(CC)n2Cc1cccc(Cl)c1. The highest BCUT2D eigenvalue weighted by molar-refractivity contribution is 7.52. The number of hydrogen-bond donors (Lipinski definition) is 2. The lowest BCUT2D eigenvalue weighted by molar-refractivity contribution is -0.117. The Bertz CT molecular complexity index is 1140. The molecule has 0 saturated carbocycles. The summed E-state index contributed by atoms with van der Waals surface area (Å²) >= 11 is 6.15. The van der Waals surface area contributed by atoms with Gasteiger partial charge in [-0.15, -0.1) is 0 Å². The van der Waals surface area contributed by atoms with Crippen LogP contribution in [0.2, 0.25) is 5.02 Å². The molecule has 1 atom stereocenters. The zero-order valence-corrected chi connectivity index (χ0v) is 19.2. The minimum absolute atomic E-state index is 0.00827. The fraction of sp³-hybridized carbons (Fsp3) is 0.318. The van der Waals surface area contributed by atoms with Crippen LogP contribution < -0.4 is 10.6 Å². The van der Waals surface area contributed by atoms with Gasteiger partial charge in [0.05, 0.1) is 18.1 Å². The van der Waals surface area contributed by atoms with Crippen molar-refractivity contribution in [2.45, 2.75) is 39.7 Å². The maximum atomic E-state index is 12.1. The van der Waals surface area contributed by atoms with Crippen LogP contribution in [0.5, 0.6) is 5.75 Å². The first-order valence-electron chi connectivity index (χ1n) is 10.1. The maximum absolute atomic E-state index is 12.1. The Kier molecular flexibility index (Phi) is 7.44. The summed E-state index contributed by atoms with van der Waals surface area (Å²) in [5, 5.41) is 1.27. The molecule has 0 bridgehead atoms. The monoisotopic (exact) mass is 464 g/mol. The number of nitrogens with two attached hydrogens (primary N) is 1. The fourth-order valence-electron chi connectivity index (χ4n) is 3.76. The molecule has 2 aromatic carbocycles. The Morgan fingerprint density at radius 3 is 2.61 bits per heavy atom. The predicted molar refractivity (Wildman–Crippen MR) is 121 cm³/mol. The molecule has 0 radical (unpaired) electrons. The lowest BCUT2D eigenvalue weighted by Gasteiger charge is -2.12. The van der Waals surface area contributed by atoms with E-state index < -0.39 is 13.5 Å². The van der Waals surface area contributed by atoms with Gasteiger partial charge in [-0.3, -0.25) is 9.36 Å². The van der Waals surface area contributed by atoms with Gasteiger partial charge in [0.15, 0.2) is 5.75 Å². The smallest absolute Gasteiger partial charge is 0.366 e. The molecule has 3 aromatic rings. The van der Waals surface area contributed by atoms with E-state index in [1.807, 2.05) is 37.3 Å². The molecule has 3 rings (SSSR count). The Morgan fingerprint density at radius 1 is 1.23 bits per heavy atom. The molecule has 0 aliphatic heterocycles. The summed E-state index contributed by atoms with van der Waals surface area (Å²) in [5.74, 6) is -0.218. The Balaban J connectivity index is 2.13. The van der Waals surface area contributed by atoms with E-state index in [9.17, 15) is 14.3 Å². The quantitative estimate of drug-likeness (QED) is 0.254. The van der Waals surface area contributed by atoms with E-state index in [4.69, 9.17) is 26.9 Å². The van der Waals surface area contributed by atoms with E-state index in [1.54, 1.807) is 19.1 Å². The van der Waals surface area contributed by atoms with Crippen LogP contribution in [0.4, 0.5) is 0 Å². The number of hydrogen-bond acceptors (Lipinski definition) is 4. The molecule has 1 amide bonds. The standard InChI is InChI=1S/C22H26ClN2O5P/c1-3-11-31(27,28)30-29-20-10-6-9-19-22(20)17(13-21(24)26)18(4-2)25(19)14-15-7-5-8-16(23)12-15/h5-10,12H,3-4,11,13-14H2,1-2H3,(H2,24,26)(H,27,28). The van der Waals surface area contributed by atoms with E-state index >= 15 is 0 Å². The summed E-state index contributed by atoms with van der Waals surface area (Å²) in [5.41, 5.74) is 8.97. The molecule has 31 heavy (non-hydrogen) atoms. The first-order chi connectivity index (χ1) is 14.8. The van der Waals surface area contributed by atoms with Crippen LogP contribution in [0, 0.1) is 0 Å². The largest absolute Gasteiger partial charge is 0.369 e. The van der Waals surface area contributed by atoms with Gasteiger partial charge < -0.3 is 20.1 Å². The molecular formula is C22H26ClN2O5P. The van der Waals surface area contributed by atoms with Gasteiger partial charge in [-0.05, 0) is 48.2 Å². The van der Waals surface area contributed by atoms with E-state index in [1.165, 1.54) is 0 Å². The van der Waals surface area contributed by atoms with Crippen molar-refractivity contribution in [3.63, 3.8) is 0 Å². The average Bonchev–Trinajstić information content (AvgIpc) is 2.99. The van der Waals surface area contributed by atoms with E-state index in [0.717, 1.165) is 22.3 Å². The third kappa shape index (κ3) is 5.49. The number of fused-ring (bicyclic) bond motifs is 1. The zero-order valence-electron chi connectivity index (χ0n) is 17.5. The van der Waals surface area contributed by atoms with Crippen LogP contribution in [-0.2, 0) is 33.4 Å². The van der Waals surface area contributed by atoms with Crippen LogP contribution in [-0.4, -0.2) is 21.5 Å². The van der Waals surface area contributed by atoms with Crippen LogP contribution in [0.25, 0.3) is 10.9 Å². The van der Waals surface area contributed by atoms with Crippen molar-refractivity contribution in [1.29, 1.82) is 0 Å². The first-order valence-corrected chi connectivity index (χ1v) is 12.2. The van der Waals surface area contributed by atoms with Crippen molar-refractivity contribution in [1.82, 2.24) is 4.57 Å². The molecule has 0 aliphatic carbocycles. The number of carbonyl (C=O) groups excluding carboxylic acids is 1. The number of aromatic nitrogens is 1. The number of benzene rings is 2. The van der Waals surface area contributed by atoms with Crippen LogP contribution >= 0.6 is 19.2 Å². The zero-order chi connectivity index (χ0) is 22.6. The molecule has 0 aliphatic rings. The fourth-order valence-corrected chi connectivity index (χ4v) is 4.80. The molecule has 0 spiro atoms. The third-order valence-electron chi connectivity index (χ3n) is 4.94. The predicted octanol–water partition coefficient (Wildman–Crippen LogP) is 4.84. The molecule has 1 unspecified atom stereocenters. The lowest BCUT2D eigenvalue weighted by atomic mass is 10.1. The number of halogens is 1. The molecule has 166 valence electrons. The Morgan fingerprint density at radius 2 is 1.97 bits per heavy atom. The van der Waals surface area contributed by atoms with Gasteiger partial charge in [-0.25, -0.2) is 0 Å². The highest BCUT2D eigenvalue weighted by atomic mass is 35.5. The second-order valence-corrected chi connectivity index (χ2v) is 9.61. The van der Waals surface area contributed by atoms with E-state index in [0.29, 0.717) is 29.8 Å². The maximum Gasteiger partial charge on any atom is 0.366 e. The van der Waals surface area contributed by atoms with Crippen LogP contribution in [0.15, 0.2) is 42.5 Å². The number of amides is 1. The van der Waals surface area contributed by atoms with Gasteiger partial charge in [-0.1, -0.05) is 48.3 Å². The van der Waals surface area contributed by atoms with Gasteiger partial charge in [0, 0.05) is 22.6 Å². The average molecular weight is 465 g/mol. The summed E-state index contributed by atoms with van der Waals surface area (Å²) < 4.78 is 19.1. The van der Waals surface area contributed by atoms with Crippen molar-refractivity contribution in [3.05, 3.63) is 64.3 Å². The topological polar surface area (TPSA) is 104 Å². The van der Waals surface area contributed by atoms with Crippen molar-refractivity contribution in [2.24, 2.45) is 5.73 Å². The minimum Gasteiger partial charge on any atom is -0.369 e. The number of rotatable bonds is 10. The summed E-state index contributed by atoms with van der Waals surface area (Å²) in [6, 6.07) is 12.9. The summed E-state index contributed by atoms with van der Waals surface area (Å²) in [4.78, 5) is 27.1. The summed E-state index contributed by atoms with van der Waals surface area (Å²) in [7, 11) is -3.89. The van der Waals surface area contributed by atoms with Crippen molar-refractivity contribution >= 4 is 36.0 Å². The molecule has 7 nitrogen and oxygen atoms in total. The highest BCUT2D eigenvalue weighted by Gasteiger charge is 2.24. The minimum atomic E-state index is -3.89. The van der Waals surface area contributed by atoms with Crippen molar-refractivity contribution in [3.8, 4) is 5.75 Å². The van der Waals surface area contributed by atoms with Gasteiger partial charge in [-0.2, -0.15) is 0 Å². The van der Waals surface area contributed by atoms with Gasteiger partial charge in [0.25, 0.3) is 0 Å². The highest BCUT2D eigenvalue weighted by Crippen LogP contribution is 2.44. The van der Waals surface area contributed by atoms with Gasteiger partial charge in [0.2, 0.25) is 5.91 Å². The second kappa shape index (κ2) is 9.88. The molecule has 9 heteroatoms. The van der Waals surface area contributed by atoms with Crippen LogP contribution in [0.1, 0.15) is 37.1 Å². The molecule has 1 heterocycles. The van der Waals surface area contributed by atoms with Crippen molar-refractivity contribution < 1.29 is 23.8 Å². The molecule has 0 saturated heterocycles. The third-order valence-corrected chi connectivity index (χ3v) is 6.49. The van der Waals surface area contributed by atoms with Gasteiger partial charge >= 0.3 is 7.60 Å². The Hall–Kier alpha value is -2.31. The lowest BCUT2D eigenvalue weighted by Crippen LogP contribution is -2.15. The molecule has 0 fully saturated rings. The Labute approximate surface area is 186 Å². The van der Waals surface area contributed by atoms with Gasteiger partial charge in [0.1, 0.15) is 0 Å². The van der Waals surface area contributed by atoms with Crippen molar-refractivity contribution in [2.75, 3.05) is 6.16 Å². The second-order valence-electron chi connectivity index (χ2n) is 7.31. The number of nitrogens with zero attached hydrogens (tertiary/aromatic N) is 1. The normalized spacial score (nSPS) is 13.3. The van der Waals surface area contributed by atoms with E-state index in [2.05, 4.69) is 4.57 Å². The molecule has 1 aromatic heterocycles. The summed E-state index contributed by atoms with van der Waals surface area (Å²) in [6.07, 6.45) is 1.11. The molecule has 3 N–H and O–H groups in total. The summed E-state index contributed by atoms with van der Waals surface area (Å²) in [6.45, 7) is 4.30.